The lowest BCUT2D eigenvalue weighted by Crippen LogP contribution is -2.32. The maximum atomic E-state index is 12.2. The summed E-state index contributed by atoms with van der Waals surface area (Å²) in [5, 5.41) is 0. The molecule has 0 fully saturated rings. The second-order valence-corrected chi connectivity index (χ2v) is 3.50. The molecule has 0 aliphatic rings. The molecule has 0 saturated carbocycles. The van der Waals surface area contributed by atoms with Gasteiger partial charge in [0.15, 0.2) is 0 Å². The largest absolute Gasteiger partial charge is 0.465 e. The molecule has 4 nitrogen and oxygen atoms in total. The Hall–Kier alpha value is -1.33. The van der Waals surface area contributed by atoms with Crippen LogP contribution in [0.1, 0.15) is 33.1 Å². The van der Waals surface area contributed by atoms with Crippen molar-refractivity contribution in [2.24, 2.45) is 5.92 Å². The first kappa shape index (κ1) is 15.7. The monoisotopic (exact) mass is 250 g/mol. The fraction of sp³-hybridized carbons (Fsp3) is 0.727. The summed E-state index contributed by atoms with van der Waals surface area (Å²) in [6.07, 6.45) is -3.07. The highest BCUT2D eigenvalue weighted by molar-refractivity contribution is 6.03. The third-order valence-corrected chi connectivity index (χ3v) is 2.09. The molecule has 0 amide bonds. The fourth-order valence-corrected chi connectivity index (χ4v) is 1.30. The maximum absolute atomic E-state index is 12.2. The van der Waals surface area contributed by atoms with Crippen LogP contribution in [0.25, 0.3) is 0 Å². The molecule has 0 heterocycles. The molecule has 98 valence electrons. The van der Waals surface area contributed by atoms with Gasteiger partial charge in [0, 0.05) is 12.8 Å². The zero-order chi connectivity index (χ0) is 13.4. The molecule has 0 aromatic carbocycles. The SMILES string of the molecule is CCCC(=O)CC(C(=O)OCC)C(=O)C(F)F. The van der Waals surface area contributed by atoms with Gasteiger partial charge < -0.3 is 4.74 Å². The van der Waals surface area contributed by atoms with Crippen molar-refractivity contribution in [3.8, 4) is 0 Å². The summed E-state index contributed by atoms with van der Waals surface area (Å²) in [5.74, 6) is -4.66. The van der Waals surface area contributed by atoms with Gasteiger partial charge in [-0.2, -0.15) is 0 Å². The minimum Gasteiger partial charge on any atom is -0.465 e. The highest BCUT2D eigenvalue weighted by Gasteiger charge is 2.35. The van der Waals surface area contributed by atoms with Crippen LogP contribution in [0.3, 0.4) is 0 Å². The summed E-state index contributed by atoms with van der Waals surface area (Å²) in [5.41, 5.74) is 0. The Kier molecular flexibility index (Phi) is 7.25. The number of carbonyl (C=O) groups is 3. The maximum Gasteiger partial charge on any atom is 0.317 e. The molecule has 1 atom stereocenters. The summed E-state index contributed by atoms with van der Waals surface area (Å²) in [6, 6.07) is 0. The second-order valence-electron chi connectivity index (χ2n) is 3.50. The Balaban J connectivity index is 4.67. The number of rotatable bonds is 8. The van der Waals surface area contributed by atoms with Crippen molar-refractivity contribution in [2.45, 2.75) is 39.5 Å². The third-order valence-electron chi connectivity index (χ3n) is 2.09. The van der Waals surface area contributed by atoms with Gasteiger partial charge in [-0.1, -0.05) is 6.92 Å². The predicted octanol–water partition coefficient (Wildman–Crippen LogP) is 1.76. The van der Waals surface area contributed by atoms with Crippen LogP contribution in [-0.4, -0.2) is 30.6 Å². The van der Waals surface area contributed by atoms with E-state index in [9.17, 15) is 23.2 Å². The summed E-state index contributed by atoms with van der Waals surface area (Å²) >= 11 is 0. The molecule has 0 aromatic rings. The summed E-state index contributed by atoms with van der Waals surface area (Å²) < 4.78 is 29.0. The average Bonchev–Trinajstić information content (AvgIpc) is 2.25. The van der Waals surface area contributed by atoms with Gasteiger partial charge in [0.1, 0.15) is 11.7 Å². The first-order valence-electron chi connectivity index (χ1n) is 5.44. The van der Waals surface area contributed by atoms with Crippen LogP contribution in [0.2, 0.25) is 0 Å². The number of esters is 1. The van der Waals surface area contributed by atoms with E-state index in [2.05, 4.69) is 4.74 Å². The van der Waals surface area contributed by atoms with Gasteiger partial charge >= 0.3 is 5.97 Å². The number of alkyl halides is 2. The van der Waals surface area contributed by atoms with Gasteiger partial charge in [-0.25, -0.2) is 8.78 Å². The number of hydrogen-bond acceptors (Lipinski definition) is 4. The fourth-order valence-electron chi connectivity index (χ4n) is 1.30. The van der Waals surface area contributed by atoms with Crippen molar-refractivity contribution in [1.29, 1.82) is 0 Å². The normalized spacial score (nSPS) is 12.3. The Morgan fingerprint density at radius 1 is 1.18 bits per heavy atom. The number of ketones is 2. The summed E-state index contributed by atoms with van der Waals surface area (Å²) in [4.78, 5) is 33.7. The molecule has 0 rings (SSSR count). The van der Waals surface area contributed by atoms with Crippen LogP contribution in [-0.2, 0) is 19.1 Å². The zero-order valence-electron chi connectivity index (χ0n) is 9.87. The van der Waals surface area contributed by atoms with Crippen molar-refractivity contribution in [3.63, 3.8) is 0 Å². The summed E-state index contributed by atoms with van der Waals surface area (Å²) in [6.45, 7) is 3.22. The zero-order valence-corrected chi connectivity index (χ0v) is 9.87. The topological polar surface area (TPSA) is 60.4 Å². The van der Waals surface area contributed by atoms with Crippen LogP contribution in [0.4, 0.5) is 8.78 Å². The van der Waals surface area contributed by atoms with E-state index in [0.29, 0.717) is 6.42 Å². The van der Waals surface area contributed by atoms with Crippen LogP contribution < -0.4 is 0 Å². The van der Waals surface area contributed by atoms with Crippen LogP contribution in [0.5, 0.6) is 0 Å². The lowest BCUT2D eigenvalue weighted by molar-refractivity contribution is -0.156. The Morgan fingerprint density at radius 2 is 1.76 bits per heavy atom. The standard InChI is InChI=1S/C11H16F2O4/c1-3-5-7(14)6-8(9(15)10(12)13)11(16)17-4-2/h8,10H,3-6H2,1-2H3. The molecule has 0 aliphatic heterocycles. The van der Waals surface area contributed by atoms with E-state index in [1.165, 1.54) is 6.92 Å². The van der Waals surface area contributed by atoms with E-state index in [4.69, 9.17) is 0 Å². The molecule has 0 radical (unpaired) electrons. The van der Waals surface area contributed by atoms with Crippen LogP contribution in [0.15, 0.2) is 0 Å². The molecule has 6 heteroatoms. The minimum absolute atomic E-state index is 0.0200. The second kappa shape index (κ2) is 7.86. The number of carbonyl (C=O) groups excluding carboxylic acids is 3. The lowest BCUT2D eigenvalue weighted by Gasteiger charge is -2.13. The van der Waals surface area contributed by atoms with Gasteiger partial charge in [-0.05, 0) is 13.3 Å². The first-order valence-corrected chi connectivity index (χ1v) is 5.44. The van der Waals surface area contributed by atoms with Crippen LogP contribution in [0, 0.1) is 5.92 Å². The molecular weight excluding hydrogens is 234 g/mol. The highest BCUT2D eigenvalue weighted by atomic mass is 19.3. The van der Waals surface area contributed by atoms with Crippen molar-refractivity contribution < 1.29 is 27.9 Å². The molecular formula is C11H16F2O4. The molecule has 0 saturated heterocycles. The number of ether oxygens (including phenoxy) is 1. The van der Waals surface area contributed by atoms with Gasteiger partial charge in [-0.15, -0.1) is 0 Å². The van der Waals surface area contributed by atoms with Crippen molar-refractivity contribution in [2.75, 3.05) is 6.61 Å². The van der Waals surface area contributed by atoms with Gasteiger partial charge in [0.05, 0.1) is 6.61 Å². The molecule has 17 heavy (non-hydrogen) atoms. The number of Topliss-reactive ketones (excluding diaryl/α,β-unsaturated/α-hetero) is 2. The van der Waals surface area contributed by atoms with E-state index in [1.54, 1.807) is 6.92 Å². The molecule has 0 spiro atoms. The number of hydrogen-bond donors (Lipinski definition) is 0. The van der Waals surface area contributed by atoms with Gasteiger partial charge in [0.2, 0.25) is 5.78 Å². The van der Waals surface area contributed by atoms with Crippen molar-refractivity contribution >= 4 is 17.5 Å². The predicted molar refractivity (Wildman–Crippen MR) is 55.7 cm³/mol. The molecule has 0 aromatic heterocycles. The molecule has 0 aliphatic carbocycles. The first-order chi connectivity index (χ1) is 7.93. The van der Waals surface area contributed by atoms with E-state index < -0.39 is 30.5 Å². The molecule has 0 bridgehead atoms. The Bertz CT molecular complexity index is 289. The quantitative estimate of drug-likeness (QED) is 0.486. The van der Waals surface area contributed by atoms with E-state index in [0.717, 1.165) is 0 Å². The van der Waals surface area contributed by atoms with E-state index in [1.807, 2.05) is 0 Å². The Morgan fingerprint density at radius 3 is 2.18 bits per heavy atom. The van der Waals surface area contributed by atoms with E-state index in [-0.39, 0.29) is 18.8 Å². The Labute approximate surface area is 98.3 Å². The minimum atomic E-state index is -3.26. The molecule has 1 unspecified atom stereocenters. The van der Waals surface area contributed by atoms with Crippen LogP contribution >= 0.6 is 0 Å². The summed E-state index contributed by atoms with van der Waals surface area (Å²) in [7, 11) is 0. The molecule has 0 N–H and O–H groups in total. The van der Waals surface area contributed by atoms with Crippen molar-refractivity contribution in [3.05, 3.63) is 0 Å². The van der Waals surface area contributed by atoms with Gasteiger partial charge in [-0.3, -0.25) is 14.4 Å². The average molecular weight is 250 g/mol. The smallest absolute Gasteiger partial charge is 0.317 e. The van der Waals surface area contributed by atoms with Crippen molar-refractivity contribution in [1.82, 2.24) is 0 Å². The van der Waals surface area contributed by atoms with E-state index >= 15 is 0 Å². The third kappa shape index (κ3) is 5.51. The lowest BCUT2D eigenvalue weighted by atomic mass is 9.96. The van der Waals surface area contributed by atoms with Gasteiger partial charge in [0.25, 0.3) is 6.43 Å². The highest BCUT2D eigenvalue weighted by Crippen LogP contribution is 2.15. The number of halogens is 2.